The summed E-state index contributed by atoms with van der Waals surface area (Å²) in [5.41, 5.74) is 2.13. The van der Waals surface area contributed by atoms with Crippen LogP contribution in [0.15, 0.2) is 24.3 Å². The molecule has 0 spiro atoms. The quantitative estimate of drug-likeness (QED) is 0.784. The van der Waals surface area contributed by atoms with E-state index in [1.54, 1.807) is 0 Å². The van der Waals surface area contributed by atoms with Crippen molar-refractivity contribution in [1.82, 2.24) is 5.32 Å². The Morgan fingerprint density at radius 2 is 2.07 bits per heavy atom. The maximum Gasteiger partial charge on any atom is 0.0823 e. The average molecular weight is 205 g/mol. The summed E-state index contributed by atoms with van der Waals surface area (Å²) < 4.78 is 0. The molecule has 2 rings (SSSR count). The Morgan fingerprint density at radius 1 is 1.33 bits per heavy atom. The highest BCUT2D eigenvalue weighted by molar-refractivity contribution is 5.28. The summed E-state index contributed by atoms with van der Waals surface area (Å²) in [6, 6.07) is 8.41. The van der Waals surface area contributed by atoms with Gasteiger partial charge in [-0.3, -0.25) is 0 Å². The summed E-state index contributed by atoms with van der Waals surface area (Å²) in [6.07, 6.45) is 2.69. The van der Waals surface area contributed by atoms with E-state index in [-0.39, 0.29) is 0 Å². The van der Waals surface area contributed by atoms with Gasteiger partial charge in [0.05, 0.1) is 5.60 Å². The number of hydrogen-bond acceptors (Lipinski definition) is 2. The van der Waals surface area contributed by atoms with Crippen LogP contribution in [0.1, 0.15) is 24.5 Å². The summed E-state index contributed by atoms with van der Waals surface area (Å²) in [7, 11) is 0. The van der Waals surface area contributed by atoms with E-state index in [2.05, 4.69) is 36.5 Å². The fraction of sp³-hybridized carbons (Fsp3) is 0.538. The smallest absolute Gasteiger partial charge is 0.0823 e. The van der Waals surface area contributed by atoms with Crippen molar-refractivity contribution in [2.45, 2.75) is 31.8 Å². The third-order valence-electron chi connectivity index (χ3n) is 3.24. The monoisotopic (exact) mass is 205 g/mol. The van der Waals surface area contributed by atoms with Crippen LogP contribution in [0.4, 0.5) is 0 Å². The van der Waals surface area contributed by atoms with Gasteiger partial charge in [0.15, 0.2) is 0 Å². The van der Waals surface area contributed by atoms with Crippen LogP contribution in [0.25, 0.3) is 0 Å². The first-order valence-corrected chi connectivity index (χ1v) is 5.73. The second-order valence-electron chi connectivity index (χ2n) is 4.45. The van der Waals surface area contributed by atoms with Gasteiger partial charge in [0.25, 0.3) is 0 Å². The zero-order valence-electron chi connectivity index (χ0n) is 9.29. The van der Waals surface area contributed by atoms with Crippen LogP contribution in [0, 0.1) is 0 Å². The second-order valence-corrected chi connectivity index (χ2v) is 4.45. The summed E-state index contributed by atoms with van der Waals surface area (Å²) in [5.74, 6) is 0. The van der Waals surface area contributed by atoms with Gasteiger partial charge in [-0.1, -0.05) is 31.2 Å². The molecule has 0 aromatic heterocycles. The fourth-order valence-corrected chi connectivity index (χ4v) is 2.31. The molecule has 1 heterocycles. The number of hydrogen-bond donors (Lipinski definition) is 2. The number of aryl methyl sites for hydroxylation is 1. The minimum atomic E-state index is -0.523. The van der Waals surface area contributed by atoms with E-state index in [0.29, 0.717) is 0 Å². The average Bonchev–Trinajstić information content (AvgIpc) is 2.66. The lowest BCUT2D eigenvalue weighted by atomic mass is 9.90. The van der Waals surface area contributed by atoms with Crippen LogP contribution < -0.4 is 5.32 Å². The van der Waals surface area contributed by atoms with E-state index in [0.717, 1.165) is 32.4 Å². The zero-order valence-corrected chi connectivity index (χ0v) is 9.29. The standard InChI is InChI=1S/C13H19NO/c1-2-11-5-3-4-6-12(11)9-13(15)7-8-14-10-13/h3-6,14-15H,2,7-10H2,1H3. The Kier molecular flexibility index (Phi) is 3.08. The van der Waals surface area contributed by atoms with E-state index >= 15 is 0 Å². The van der Waals surface area contributed by atoms with Crippen molar-refractivity contribution in [2.24, 2.45) is 0 Å². The molecule has 1 atom stereocenters. The largest absolute Gasteiger partial charge is 0.388 e. The molecule has 15 heavy (non-hydrogen) atoms. The van der Waals surface area contributed by atoms with Crippen LogP contribution in [-0.2, 0) is 12.8 Å². The third kappa shape index (κ3) is 2.39. The third-order valence-corrected chi connectivity index (χ3v) is 3.24. The molecule has 82 valence electrons. The lowest BCUT2D eigenvalue weighted by Crippen LogP contribution is -2.34. The number of rotatable bonds is 3. The first-order chi connectivity index (χ1) is 7.23. The fourth-order valence-electron chi connectivity index (χ4n) is 2.31. The minimum Gasteiger partial charge on any atom is -0.388 e. The molecule has 2 N–H and O–H groups in total. The molecule has 0 bridgehead atoms. The number of nitrogens with one attached hydrogen (secondary N) is 1. The predicted octanol–water partition coefficient (Wildman–Crippen LogP) is 1.52. The first-order valence-electron chi connectivity index (χ1n) is 5.73. The van der Waals surface area contributed by atoms with Crippen molar-refractivity contribution < 1.29 is 5.11 Å². The van der Waals surface area contributed by atoms with Crippen molar-refractivity contribution in [3.05, 3.63) is 35.4 Å². The Morgan fingerprint density at radius 3 is 2.67 bits per heavy atom. The van der Waals surface area contributed by atoms with Crippen LogP contribution in [0.3, 0.4) is 0 Å². The molecule has 1 aliphatic heterocycles. The molecule has 2 heteroatoms. The molecule has 1 fully saturated rings. The van der Waals surface area contributed by atoms with Crippen molar-refractivity contribution in [1.29, 1.82) is 0 Å². The lowest BCUT2D eigenvalue weighted by Gasteiger charge is -2.22. The van der Waals surface area contributed by atoms with Gasteiger partial charge in [0.1, 0.15) is 0 Å². The number of β-amino-alcohol motifs (C(OH)–C–C–N with tert-alkyl or cyclic N) is 1. The topological polar surface area (TPSA) is 32.3 Å². The normalized spacial score (nSPS) is 25.7. The molecule has 0 amide bonds. The van der Waals surface area contributed by atoms with Gasteiger partial charge in [-0.05, 0) is 30.5 Å². The zero-order chi connectivity index (χ0) is 10.7. The molecular formula is C13H19NO. The molecule has 1 saturated heterocycles. The van der Waals surface area contributed by atoms with Gasteiger partial charge < -0.3 is 10.4 Å². The van der Waals surface area contributed by atoms with Crippen molar-refractivity contribution in [3.8, 4) is 0 Å². The highest BCUT2D eigenvalue weighted by Crippen LogP contribution is 2.22. The first kappa shape index (κ1) is 10.7. The van der Waals surface area contributed by atoms with Gasteiger partial charge in [0.2, 0.25) is 0 Å². The molecule has 0 radical (unpaired) electrons. The molecule has 1 aromatic rings. The van der Waals surface area contributed by atoms with Crippen LogP contribution in [0.2, 0.25) is 0 Å². The molecule has 0 aliphatic carbocycles. The number of aliphatic hydroxyl groups is 1. The van der Waals surface area contributed by atoms with E-state index in [1.807, 2.05) is 0 Å². The maximum absolute atomic E-state index is 10.3. The highest BCUT2D eigenvalue weighted by Gasteiger charge is 2.31. The molecule has 0 saturated carbocycles. The van der Waals surface area contributed by atoms with Gasteiger partial charge >= 0.3 is 0 Å². The summed E-state index contributed by atoms with van der Waals surface area (Å²) in [4.78, 5) is 0. The molecule has 1 unspecified atom stereocenters. The minimum absolute atomic E-state index is 0.523. The van der Waals surface area contributed by atoms with Crippen molar-refractivity contribution in [2.75, 3.05) is 13.1 Å². The predicted molar refractivity (Wildman–Crippen MR) is 62.0 cm³/mol. The molecule has 1 aliphatic rings. The summed E-state index contributed by atoms with van der Waals surface area (Å²) in [5, 5.41) is 13.5. The van der Waals surface area contributed by atoms with E-state index in [1.165, 1.54) is 11.1 Å². The van der Waals surface area contributed by atoms with Crippen LogP contribution in [-0.4, -0.2) is 23.8 Å². The van der Waals surface area contributed by atoms with E-state index in [9.17, 15) is 5.11 Å². The Balaban J connectivity index is 2.16. The second kappa shape index (κ2) is 4.33. The van der Waals surface area contributed by atoms with Gasteiger partial charge in [0, 0.05) is 13.0 Å². The Hall–Kier alpha value is -0.860. The molecular weight excluding hydrogens is 186 g/mol. The van der Waals surface area contributed by atoms with Crippen LogP contribution in [0.5, 0.6) is 0 Å². The van der Waals surface area contributed by atoms with E-state index < -0.39 is 5.60 Å². The van der Waals surface area contributed by atoms with E-state index in [4.69, 9.17) is 0 Å². The Bertz CT molecular complexity index is 329. The molecule has 2 nitrogen and oxygen atoms in total. The highest BCUT2D eigenvalue weighted by atomic mass is 16.3. The number of benzene rings is 1. The van der Waals surface area contributed by atoms with Crippen LogP contribution >= 0.6 is 0 Å². The van der Waals surface area contributed by atoms with Gasteiger partial charge in [-0.15, -0.1) is 0 Å². The Labute approximate surface area is 91.3 Å². The van der Waals surface area contributed by atoms with Crippen molar-refractivity contribution in [3.63, 3.8) is 0 Å². The summed E-state index contributed by atoms with van der Waals surface area (Å²) in [6.45, 7) is 3.83. The van der Waals surface area contributed by atoms with Crippen molar-refractivity contribution >= 4 is 0 Å². The van der Waals surface area contributed by atoms with Gasteiger partial charge in [-0.2, -0.15) is 0 Å². The summed E-state index contributed by atoms with van der Waals surface area (Å²) >= 11 is 0. The van der Waals surface area contributed by atoms with Gasteiger partial charge in [-0.25, -0.2) is 0 Å². The SMILES string of the molecule is CCc1ccccc1CC1(O)CCNC1. The maximum atomic E-state index is 10.3. The lowest BCUT2D eigenvalue weighted by molar-refractivity contribution is 0.0617. The molecule has 1 aromatic carbocycles.